The second kappa shape index (κ2) is 6.72. The van der Waals surface area contributed by atoms with E-state index in [1.54, 1.807) is 0 Å². The molecule has 0 radical (unpaired) electrons. The number of aromatic nitrogens is 3. The van der Waals surface area contributed by atoms with E-state index in [9.17, 15) is 0 Å². The Morgan fingerprint density at radius 2 is 2.04 bits per heavy atom. The number of nitrogens with zero attached hydrogens (tertiary/aromatic N) is 2. The van der Waals surface area contributed by atoms with Gasteiger partial charge in [0.1, 0.15) is 0 Å². The molecular weight excluding hydrogens is 316 g/mol. The molecular formula is C19H22N4O2. The molecule has 2 N–H and O–H groups in total. The molecule has 0 fully saturated rings. The number of benzene rings is 1. The van der Waals surface area contributed by atoms with Crippen LogP contribution in [-0.4, -0.2) is 28.4 Å². The highest BCUT2D eigenvalue weighted by molar-refractivity contribution is 5.77. The summed E-state index contributed by atoms with van der Waals surface area (Å²) in [4.78, 5) is 4.40. The average molecular weight is 338 g/mol. The molecule has 25 heavy (non-hydrogen) atoms. The van der Waals surface area contributed by atoms with Crippen LogP contribution >= 0.6 is 0 Å². The van der Waals surface area contributed by atoms with Gasteiger partial charge in [-0.2, -0.15) is 5.10 Å². The van der Waals surface area contributed by atoms with Gasteiger partial charge in [-0.3, -0.25) is 5.10 Å². The molecule has 0 spiro atoms. The third-order valence-electron chi connectivity index (χ3n) is 4.54. The van der Waals surface area contributed by atoms with Gasteiger partial charge in [0.2, 0.25) is 0 Å². The number of nitrogens with one attached hydrogen (secondary N) is 2. The van der Waals surface area contributed by atoms with Crippen LogP contribution in [0.4, 0.5) is 0 Å². The van der Waals surface area contributed by atoms with Crippen molar-refractivity contribution in [2.45, 2.75) is 32.9 Å². The fraction of sp³-hybridized carbons (Fsp3) is 0.368. The average Bonchev–Trinajstić information content (AvgIpc) is 2.85. The van der Waals surface area contributed by atoms with Gasteiger partial charge < -0.3 is 14.8 Å². The van der Waals surface area contributed by atoms with Gasteiger partial charge in [-0.05, 0) is 43.2 Å². The van der Waals surface area contributed by atoms with E-state index in [-0.39, 0.29) is 6.04 Å². The number of hydrogen-bond donors (Lipinski definition) is 2. The molecule has 6 heteroatoms. The number of aromatic amines is 1. The lowest BCUT2D eigenvalue weighted by Crippen LogP contribution is -2.18. The Balaban J connectivity index is 1.46. The molecule has 1 aliphatic heterocycles. The molecule has 3 aromatic rings. The summed E-state index contributed by atoms with van der Waals surface area (Å²) < 4.78 is 11.5. The van der Waals surface area contributed by atoms with Crippen LogP contribution in [0, 0.1) is 6.92 Å². The molecule has 0 saturated heterocycles. The van der Waals surface area contributed by atoms with E-state index in [2.05, 4.69) is 45.6 Å². The van der Waals surface area contributed by atoms with Crippen LogP contribution in [0.5, 0.6) is 11.5 Å². The van der Waals surface area contributed by atoms with Crippen molar-refractivity contribution < 1.29 is 9.47 Å². The minimum absolute atomic E-state index is 0.193. The third kappa shape index (κ3) is 3.30. The van der Waals surface area contributed by atoms with Crippen molar-refractivity contribution in [3.8, 4) is 11.5 Å². The zero-order valence-corrected chi connectivity index (χ0v) is 14.5. The van der Waals surface area contributed by atoms with E-state index in [0.29, 0.717) is 13.2 Å². The van der Waals surface area contributed by atoms with Crippen molar-refractivity contribution in [2.24, 2.45) is 0 Å². The Bertz CT molecular complexity index is 890. The van der Waals surface area contributed by atoms with Gasteiger partial charge in [0.25, 0.3) is 0 Å². The lowest BCUT2D eigenvalue weighted by atomic mass is 10.1. The first-order valence-electron chi connectivity index (χ1n) is 8.63. The summed E-state index contributed by atoms with van der Waals surface area (Å²) in [5, 5.41) is 11.8. The van der Waals surface area contributed by atoms with Gasteiger partial charge in [-0.15, -0.1) is 0 Å². The number of aryl methyl sites for hydroxylation is 1. The van der Waals surface area contributed by atoms with Crippen molar-refractivity contribution in [3.63, 3.8) is 0 Å². The standard InChI is InChI=1S/C19H22N4O2/c1-12(15-4-5-17-18(9-15)25-7-3-6-24-17)20-10-14-8-16-13(2)22-23-19(16)21-11-14/h4-5,8-9,11-12,20H,3,6-7,10H2,1-2H3,(H,21,22,23)/t12-/m1/s1. The highest BCUT2D eigenvalue weighted by atomic mass is 16.5. The van der Waals surface area contributed by atoms with Crippen LogP contribution < -0.4 is 14.8 Å². The van der Waals surface area contributed by atoms with Crippen LogP contribution in [0.1, 0.15) is 36.2 Å². The predicted octanol–water partition coefficient (Wildman–Crippen LogP) is 3.28. The molecule has 1 atom stereocenters. The monoisotopic (exact) mass is 338 g/mol. The van der Waals surface area contributed by atoms with E-state index in [1.165, 1.54) is 5.56 Å². The lowest BCUT2D eigenvalue weighted by molar-refractivity contribution is 0.297. The Labute approximate surface area is 146 Å². The fourth-order valence-electron chi connectivity index (χ4n) is 3.00. The van der Waals surface area contributed by atoms with E-state index in [4.69, 9.17) is 9.47 Å². The topological polar surface area (TPSA) is 72.1 Å². The smallest absolute Gasteiger partial charge is 0.181 e. The first-order chi connectivity index (χ1) is 12.2. The highest BCUT2D eigenvalue weighted by Gasteiger charge is 2.14. The van der Waals surface area contributed by atoms with Gasteiger partial charge in [-0.1, -0.05) is 6.07 Å². The van der Waals surface area contributed by atoms with Gasteiger partial charge >= 0.3 is 0 Å². The maximum absolute atomic E-state index is 5.78. The predicted molar refractivity (Wildman–Crippen MR) is 95.9 cm³/mol. The van der Waals surface area contributed by atoms with Gasteiger partial charge in [0, 0.05) is 36.3 Å². The summed E-state index contributed by atoms with van der Waals surface area (Å²) in [7, 11) is 0. The summed E-state index contributed by atoms with van der Waals surface area (Å²) in [5.41, 5.74) is 4.12. The number of pyridine rings is 1. The molecule has 6 nitrogen and oxygen atoms in total. The Kier molecular flexibility index (Phi) is 4.28. The van der Waals surface area contributed by atoms with Crippen molar-refractivity contribution in [3.05, 3.63) is 47.3 Å². The zero-order chi connectivity index (χ0) is 17.2. The molecule has 0 unspecified atom stereocenters. The molecule has 130 valence electrons. The molecule has 0 saturated carbocycles. The molecule has 4 rings (SSSR count). The molecule has 3 heterocycles. The largest absolute Gasteiger partial charge is 0.490 e. The fourth-order valence-corrected chi connectivity index (χ4v) is 3.00. The van der Waals surface area contributed by atoms with Crippen molar-refractivity contribution in [2.75, 3.05) is 13.2 Å². The minimum Gasteiger partial charge on any atom is -0.490 e. The van der Waals surface area contributed by atoms with E-state index in [0.717, 1.165) is 46.8 Å². The number of hydrogen-bond acceptors (Lipinski definition) is 5. The summed E-state index contributed by atoms with van der Waals surface area (Å²) in [5.74, 6) is 1.67. The summed E-state index contributed by atoms with van der Waals surface area (Å²) in [6.07, 6.45) is 2.79. The molecule has 0 bridgehead atoms. The Morgan fingerprint density at radius 3 is 2.92 bits per heavy atom. The van der Waals surface area contributed by atoms with Gasteiger partial charge in [0.05, 0.1) is 13.2 Å². The SMILES string of the molecule is Cc1[nH]nc2ncc(CN[C@H](C)c3ccc4c(c3)OCCCO4)cc12. The van der Waals surface area contributed by atoms with Crippen molar-refractivity contribution in [1.29, 1.82) is 0 Å². The number of H-pyrrole nitrogens is 1. The second-order valence-electron chi connectivity index (χ2n) is 6.42. The van der Waals surface area contributed by atoms with Gasteiger partial charge in [-0.25, -0.2) is 4.98 Å². The molecule has 0 amide bonds. The minimum atomic E-state index is 0.193. The van der Waals surface area contributed by atoms with Crippen LogP contribution in [0.2, 0.25) is 0 Å². The highest BCUT2D eigenvalue weighted by Crippen LogP contribution is 2.32. The van der Waals surface area contributed by atoms with Crippen molar-refractivity contribution in [1.82, 2.24) is 20.5 Å². The van der Waals surface area contributed by atoms with Crippen molar-refractivity contribution >= 4 is 11.0 Å². The lowest BCUT2D eigenvalue weighted by Gasteiger charge is -2.16. The number of rotatable bonds is 4. The zero-order valence-electron chi connectivity index (χ0n) is 14.5. The maximum atomic E-state index is 5.78. The summed E-state index contributed by atoms with van der Waals surface area (Å²) in [6, 6.07) is 8.48. The summed E-state index contributed by atoms with van der Waals surface area (Å²) >= 11 is 0. The first kappa shape index (κ1) is 15.9. The first-order valence-corrected chi connectivity index (χ1v) is 8.63. The summed E-state index contributed by atoms with van der Waals surface area (Å²) in [6.45, 7) is 6.31. The molecule has 1 aromatic carbocycles. The quantitative estimate of drug-likeness (QED) is 0.764. The maximum Gasteiger partial charge on any atom is 0.181 e. The Morgan fingerprint density at radius 1 is 1.20 bits per heavy atom. The van der Waals surface area contributed by atoms with Crippen LogP contribution in [0.3, 0.4) is 0 Å². The third-order valence-corrected chi connectivity index (χ3v) is 4.54. The van der Waals surface area contributed by atoms with E-state index < -0.39 is 0 Å². The second-order valence-corrected chi connectivity index (χ2v) is 6.42. The Hall–Kier alpha value is -2.60. The van der Waals surface area contributed by atoms with Gasteiger partial charge in [0.15, 0.2) is 17.1 Å². The van der Waals surface area contributed by atoms with E-state index in [1.807, 2.05) is 19.2 Å². The molecule has 2 aromatic heterocycles. The van der Waals surface area contributed by atoms with E-state index >= 15 is 0 Å². The molecule has 1 aliphatic rings. The number of fused-ring (bicyclic) bond motifs is 2. The van der Waals surface area contributed by atoms with Crippen LogP contribution in [0.25, 0.3) is 11.0 Å². The number of ether oxygens (including phenoxy) is 2. The normalized spacial score (nSPS) is 15.1. The molecule has 0 aliphatic carbocycles. The van der Waals surface area contributed by atoms with Crippen LogP contribution in [0.15, 0.2) is 30.5 Å². The van der Waals surface area contributed by atoms with Crippen LogP contribution in [-0.2, 0) is 6.54 Å².